The summed E-state index contributed by atoms with van der Waals surface area (Å²) in [5.74, 6) is 3.47. The number of nitrogens with one attached hydrogen (secondary N) is 1. The second-order valence-corrected chi connectivity index (χ2v) is 7.49. The lowest BCUT2D eigenvalue weighted by atomic mass is 10.0. The molecule has 3 atom stereocenters. The number of thioether (sulfide) groups is 2. The van der Waals surface area contributed by atoms with E-state index in [9.17, 15) is 0 Å². The highest BCUT2D eigenvalue weighted by atomic mass is 32.2. The fourth-order valence-electron chi connectivity index (χ4n) is 2.47. The Balaban J connectivity index is 2.17. The average molecular weight is 297 g/mol. The molecule has 1 saturated heterocycles. The van der Waals surface area contributed by atoms with Gasteiger partial charge in [0.25, 0.3) is 0 Å². The molecular formula is C15H23NOS2. The molecule has 0 saturated carbocycles. The van der Waals surface area contributed by atoms with Crippen LogP contribution < -0.4 is 10.1 Å². The molecule has 0 radical (unpaired) electrons. The van der Waals surface area contributed by atoms with Crippen LogP contribution in [0.15, 0.2) is 24.3 Å². The van der Waals surface area contributed by atoms with Crippen LogP contribution in [0, 0.1) is 0 Å². The zero-order valence-electron chi connectivity index (χ0n) is 11.9. The molecule has 1 aromatic carbocycles. The van der Waals surface area contributed by atoms with E-state index in [4.69, 9.17) is 4.74 Å². The van der Waals surface area contributed by atoms with Gasteiger partial charge in [-0.2, -0.15) is 23.5 Å². The minimum Gasteiger partial charge on any atom is -0.497 e. The molecule has 1 aliphatic heterocycles. The minimum absolute atomic E-state index is 0.434. The maximum Gasteiger partial charge on any atom is 0.118 e. The van der Waals surface area contributed by atoms with Crippen LogP contribution >= 0.6 is 23.5 Å². The van der Waals surface area contributed by atoms with Crippen LogP contribution in [0.5, 0.6) is 5.75 Å². The van der Waals surface area contributed by atoms with Gasteiger partial charge in [-0.1, -0.05) is 26.0 Å². The van der Waals surface area contributed by atoms with Gasteiger partial charge in [-0.3, -0.25) is 0 Å². The largest absolute Gasteiger partial charge is 0.497 e. The van der Waals surface area contributed by atoms with Crippen LogP contribution in [0.25, 0.3) is 0 Å². The van der Waals surface area contributed by atoms with Crippen molar-refractivity contribution in [3.05, 3.63) is 29.8 Å². The van der Waals surface area contributed by atoms with Gasteiger partial charge in [0.1, 0.15) is 5.75 Å². The number of hydrogen-bond acceptors (Lipinski definition) is 4. The SMILES string of the molecule is CCNC(c1ccc(OC)cc1)C1SCCSC1C. The highest BCUT2D eigenvalue weighted by Gasteiger charge is 2.30. The molecule has 0 spiro atoms. The summed E-state index contributed by atoms with van der Waals surface area (Å²) in [5, 5.41) is 5.01. The maximum absolute atomic E-state index is 5.25. The third-order valence-corrected chi connectivity index (χ3v) is 6.66. The molecule has 0 aliphatic carbocycles. The van der Waals surface area contributed by atoms with Gasteiger partial charge in [-0.15, -0.1) is 0 Å². The minimum atomic E-state index is 0.434. The Kier molecular flexibility index (Phi) is 5.92. The van der Waals surface area contributed by atoms with Crippen molar-refractivity contribution in [3.63, 3.8) is 0 Å². The van der Waals surface area contributed by atoms with Crippen molar-refractivity contribution < 1.29 is 4.74 Å². The van der Waals surface area contributed by atoms with Crippen LogP contribution in [0.2, 0.25) is 0 Å². The van der Waals surface area contributed by atoms with Crippen LogP contribution in [0.4, 0.5) is 0 Å². The summed E-state index contributed by atoms with van der Waals surface area (Å²) in [7, 11) is 1.71. The summed E-state index contributed by atoms with van der Waals surface area (Å²) < 4.78 is 5.25. The molecule has 106 valence electrons. The maximum atomic E-state index is 5.25. The predicted octanol–water partition coefficient (Wildman–Crippen LogP) is 3.58. The van der Waals surface area contributed by atoms with E-state index in [2.05, 4.69) is 67.0 Å². The molecule has 2 nitrogen and oxygen atoms in total. The highest BCUT2D eigenvalue weighted by molar-refractivity contribution is 8.07. The van der Waals surface area contributed by atoms with Crippen LogP contribution in [0.1, 0.15) is 25.5 Å². The van der Waals surface area contributed by atoms with Crippen molar-refractivity contribution in [2.75, 3.05) is 25.2 Å². The first kappa shape index (κ1) is 15.1. The number of benzene rings is 1. The van der Waals surface area contributed by atoms with Crippen molar-refractivity contribution in [1.82, 2.24) is 5.32 Å². The fraction of sp³-hybridized carbons (Fsp3) is 0.600. The first-order chi connectivity index (χ1) is 9.26. The highest BCUT2D eigenvalue weighted by Crippen LogP contribution is 2.38. The van der Waals surface area contributed by atoms with Gasteiger partial charge in [0.2, 0.25) is 0 Å². The molecule has 2 rings (SSSR count). The fourth-order valence-corrected chi connectivity index (χ4v) is 5.42. The first-order valence-corrected chi connectivity index (χ1v) is 8.96. The standard InChI is InChI=1S/C15H23NOS2/c1-4-16-14(15-11(2)18-9-10-19-15)12-5-7-13(17-3)8-6-12/h5-8,11,14-16H,4,9-10H2,1-3H3. The molecule has 4 heteroatoms. The molecule has 1 heterocycles. The molecule has 1 aliphatic rings. The van der Waals surface area contributed by atoms with Crippen molar-refractivity contribution in [2.45, 2.75) is 30.4 Å². The first-order valence-electron chi connectivity index (χ1n) is 6.86. The molecule has 1 fully saturated rings. The van der Waals surface area contributed by atoms with Gasteiger partial charge in [-0.25, -0.2) is 0 Å². The van der Waals surface area contributed by atoms with E-state index in [1.807, 2.05) is 0 Å². The third kappa shape index (κ3) is 3.83. The van der Waals surface area contributed by atoms with Crippen molar-refractivity contribution in [2.24, 2.45) is 0 Å². The normalized spacial score (nSPS) is 25.0. The molecule has 0 aromatic heterocycles. The van der Waals surface area contributed by atoms with Crippen molar-refractivity contribution in [3.8, 4) is 5.75 Å². The van der Waals surface area contributed by atoms with Crippen molar-refractivity contribution in [1.29, 1.82) is 0 Å². The predicted molar refractivity (Wildman–Crippen MR) is 87.6 cm³/mol. The van der Waals surface area contributed by atoms with Gasteiger partial charge in [0.15, 0.2) is 0 Å². The molecule has 3 unspecified atom stereocenters. The van der Waals surface area contributed by atoms with E-state index >= 15 is 0 Å². The van der Waals surface area contributed by atoms with Gasteiger partial charge in [-0.05, 0) is 24.2 Å². The lowest BCUT2D eigenvalue weighted by molar-refractivity contribution is 0.414. The quantitative estimate of drug-likeness (QED) is 0.896. The summed E-state index contributed by atoms with van der Waals surface area (Å²) in [4.78, 5) is 0. The summed E-state index contributed by atoms with van der Waals surface area (Å²) in [6, 6.07) is 8.94. The average Bonchev–Trinajstić information content (AvgIpc) is 2.46. The van der Waals surface area contributed by atoms with Crippen LogP contribution in [0.3, 0.4) is 0 Å². The lowest BCUT2D eigenvalue weighted by Crippen LogP contribution is -2.37. The van der Waals surface area contributed by atoms with E-state index in [1.165, 1.54) is 17.1 Å². The second kappa shape index (κ2) is 7.46. The summed E-state index contributed by atoms with van der Waals surface area (Å²) in [6.07, 6.45) is 0. The zero-order valence-corrected chi connectivity index (χ0v) is 13.5. The van der Waals surface area contributed by atoms with E-state index in [1.54, 1.807) is 7.11 Å². The molecule has 1 N–H and O–H groups in total. The number of rotatable bonds is 5. The van der Waals surface area contributed by atoms with E-state index in [0.29, 0.717) is 16.5 Å². The Morgan fingerprint density at radius 2 is 1.95 bits per heavy atom. The number of ether oxygens (including phenoxy) is 1. The van der Waals surface area contributed by atoms with E-state index in [0.717, 1.165) is 12.3 Å². The summed E-state index contributed by atoms with van der Waals surface area (Å²) in [6.45, 7) is 5.54. The van der Waals surface area contributed by atoms with Gasteiger partial charge in [0.05, 0.1) is 7.11 Å². The molecule has 0 amide bonds. The van der Waals surface area contributed by atoms with Gasteiger partial charge in [0, 0.05) is 28.0 Å². The Hall–Kier alpha value is -0.320. The molecule has 1 aromatic rings. The summed E-state index contributed by atoms with van der Waals surface area (Å²) >= 11 is 4.21. The van der Waals surface area contributed by atoms with Gasteiger partial charge < -0.3 is 10.1 Å². The molecule has 19 heavy (non-hydrogen) atoms. The van der Waals surface area contributed by atoms with Gasteiger partial charge >= 0.3 is 0 Å². The Bertz CT molecular complexity index is 382. The second-order valence-electron chi connectivity index (χ2n) is 4.72. The third-order valence-electron chi connectivity index (χ3n) is 3.46. The van der Waals surface area contributed by atoms with E-state index < -0.39 is 0 Å². The smallest absolute Gasteiger partial charge is 0.118 e. The van der Waals surface area contributed by atoms with E-state index in [-0.39, 0.29) is 0 Å². The monoisotopic (exact) mass is 297 g/mol. The Morgan fingerprint density at radius 1 is 1.26 bits per heavy atom. The van der Waals surface area contributed by atoms with Crippen LogP contribution in [-0.2, 0) is 0 Å². The number of hydrogen-bond donors (Lipinski definition) is 1. The Labute approximate surface area is 125 Å². The summed E-state index contributed by atoms with van der Waals surface area (Å²) in [5.41, 5.74) is 1.37. The topological polar surface area (TPSA) is 21.3 Å². The number of methoxy groups -OCH3 is 1. The van der Waals surface area contributed by atoms with Crippen LogP contribution in [-0.4, -0.2) is 35.7 Å². The zero-order chi connectivity index (χ0) is 13.7. The van der Waals surface area contributed by atoms with Crippen molar-refractivity contribution >= 4 is 23.5 Å². The lowest BCUT2D eigenvalue weighted by Gasteiger charge is -2.35. The Morgan fingerprint density at radius 3 is 2.53 bits per heavy atom. The molecule has 0 bridgehead atoms. The molecular weight excluding hydrogens is 274 g/mol.